The molecular formula is C19H29Cl2N5. The number of aryl methyl sites for hydroxylation is 1. The highest BCUT2D eigenvalue weighted by Crippen LogP contribution is 2.34. The van der Waals surface area contributed by atoms with Gasteiger partial charge < -0.3 is 16.0 Å². The molecule has 2 aromatic rings. The van der Waals surface area contributed by atoms with E-state index in [0.29, 0.717) is 12.0 Å². The maximum atomic E-state index is 5.87. The van der Waals surface area contributed by atoms with Gasteiger partial charge in [-0.1, -0.05) is 12.1 Å². The van der Waals surface area contributed by atoms with E-state index in [4.69, 9.17) is 5.73 Å². The molecule has 1 aromatic heterocycles. The van der Waals surface area contributed by atoms with E-state index in [1.54, 1.807) is 6.33 Å². The number of hydrogen-bond donors (Lipinski definition) is 2. The van der Waals surface area contributed by atoms with Crippen LogP contribution in [0.3, 0.4) is 0 Å². The Balaban J connectivity index is 0.00000169. The molecule has 1 fully saturated rings. The van der Waals surface area contributed by atoms with E-state index in [1.165, 1.54) is 11.3 Å². The van der Waals surface area contributed by atoms with Gasteiger partial charge in [0.1, 0.15) is 12.1 Å². The van der Waals surface area contributed by atoms with Crippen LogP contribution in [0.4, 0.5) is 11.5 Å². The molecule has 0 atom stereocenters. The zero-order valence-corrected chi connectivity index (χ0v) is 17.0. The number of halogens is 2. The van der Waals surface area contributed by atoms with E-state index in [9.17, 15) is 0 Å². The summed E-state index contributed by atoms with van der Waals surface area (Å²) in [6.07, 6.45) is 3.72. The number of nitrogens with two attached hydrogens (primary N) is 1. The van der Waals surface area contributed by atoms with Gasteiger partial charge >= 0.3 is 0 Å². The molecule has 144 valence electrons. The molecule has 5 nitrogen and oxygen atoms in total. The fourth-order valence-electron chi connectivity index (χ4n) is 3.21. The second-order valence-electron chi connectivity index (χ2n) is 6.60. The molecule has 0 saturated heterocycles. The van der Waals surface area contributed by atoms with Gasteiger partial charge in [-0.2, -0.15) is 0 Å². The summed E-state index contributed by atoms with van der Waals surface area (Å²) in [5.74, 6) is 1.41. The van der Waals surface area contributed by atoms with E-state index < -0.39 is 0 Å². The minimum Gasteiger partial charge on any atom is -0.370 e. The molecule has 1 aliphatic carbocycles. The van der Waals surface area contributed by atoms with E-state index >= 15 is 0 Å². The lowest BCUT2D eigenvalue weighted by molar-refractivity contribution is 0.345. The molecule has 1 aliphatic rings. The van der Waals surface area contributed by atoms with Gasteiger partial charge in [-0.15, -0.1) is 24.8 Å². The average Bonchev–Trinajstić information content (AvgIpc) is 2.56. The number of likely N-dealkylation sites (N-methyl/N-ethyl adjacent to an activating group) is 1. The Morgan fingerprint density at radius 3 is 2.62 bits per heavy atom. The smallest absolute Gasteiger partial charge is 0.129 e. The molecule has 3 rings (SSSR count). The molecule has 0 bridgehead atoms. The Hall–Kier alpha value is -1.56. The lowest BCUT2D eigenvalue weighted by Gasteiger charge is -2.31. The summed E-state index contributed by atoms with van der Waals surface area (Å²) in [6, 6.07) is 11.0. The Labute approximate surface area is 168 Å². The van der Waals surface area contributed by atoms with Crippen molar-refractivity contribution in [3.05, 3.63) is 47.9 Å². The van der Waals surface area contributed by atoms with Gasteiger partial charge in [0.2, 0.25) is 0 Å². The van der Waals surface area contributed by atoms with Crippen molar-refractivity contribution in [1.29, 1.82) is 0 Å². The number of aromatic nitrogens is 2. The Morgan fingerprint density at radius 2 is 1.96 bits per heavy atom. The molecular weight excluding hydrogens is 369 g/mol. The lowest BCUT2D eigenvalue weighted by Crippen LogP contribution is -2.35. The van der Waals surface area contributed by atoms with Gasteiger partial charge in [0, 0.05) is 49.0 Å². The van der Waals surface area contributed by atoms with Crippen molar-refractivity contribution in [2.75, 3.05) is 29.9 Å². The van der Waals surface area contributed by atoms with Gasteiger partial charge in [0.05, 0.1) is 0 Å². The molecule has 0 aliphatic heterocycles. The largest absolute Gasteiger partial charge is 0.370 e. The monoisotopic (exact) mass is 397 g/mol. The van der Waals surface area contributed by atoms with Crippen molar-refractivity contribution in [2.24, 2.45) is 5.73 Å². The highest BCUT2D eigenvalue weighted by molar-refractivity contribution is 5.85. The normalized spacial score (nSPS) is 18.1. The van der Waals surface area contributed by atoms with E-state index in [2.05, 4.69) is 64.4 Å². The van der Waals surface area contributed by atoms with Crippen molar-refractivity contribution < 1.29 is 0 Å². The molecule has 7 heteroatoms. The zero-order chi connectivity index (χ0) is 16.9. The van der Waals surface area contributed by atoms with Crippen LogP contribution in [0.1, 0.15) is 36.9 Å². The van der Waals surface area contributed by atoms with Gasteiger partial charge in [-0.05, 0) is 44.4 Å². The predicted octanol–water partition coefficient (Wildman–Crippen LogP) is 3.77. The lowest BCUT2D eigenvalue weighted by atomic mass is 9.79. The molecule has 3 N–H and O–H groups in total. The third-order valence-electron chi connectivity index (χ3n) is 4.72. The van der Waals surface area contributed by atoms with Crippen molar-refractivity contribution in [3.8, 4) is 0 Å². The van der Waals surface area contributed by atoms with Crippen molar-refractivity contribution >= 4 is 36.3 Å². The van der Waals surface area contributed by atoms with Gasteiger partial charge in [-0.3, -0.25) is 0 Å². The topological polar surface area (TPSA) is 67.1 Å². The fourth-order valence-corrected chi connectivity index (χ4v) is 3.21. The van der Waals surface area contributed by atoms with Crippen molar-refractivity contribution in [3.63, 3.8) is 0 Å². The van der Waals surface area contributed by atoms with Crippen LogP contribution < -0.4 is 16.0 Å². The molecule has 1 heterocycles. The quantitative estimate of drug-likeness (QED) is 0.743. The zero-order valence-electron chi connectivity index (χ0n) is 15.4. The molecule has 1 saturated carbocycles. The maximum absolute atomic E-state index is 5.87. The first-order valence-corrected chi connectivity index (χ1v) is 8.78. The van der Waals surface area contributed by atoms with Crippen LogP contribution in [0.2, 0.25) is 0 Å². The molecule has 1 aromatic carbocycles. The van der Waals surface area contributed by atoms with Crippen LogP contribution in [0.5, 0.6) is 0 Å². The second-order valence-corrected chi connectivity index (χ2v) is 6.60. The maximum Gasteiger partial charge on any atom is 0.129 e. The van der Waals surface area contributed by atoms with E-state index in [-0.39, 0.29) is 24.8 Å². The van der Waals surface area contributed by atoms with Crippen molar-refractivity contribution in [2.45, 2.75) is 38.6 Å². The number of benzene rings is 1. The standard InChI is InChI=1S/C19H27N5.2ClH/c1-3-24(17-6-4-5-14(2)9-17)8-7-21-19-12-18(22-13-23-19)15-10-16(20)11-15;;/h4-6,9,12-13,15-16H,3,7-8,10-11,20H2,1-2H3,(H,21,22,23);2*1H. The van der Waals surface area contributed by atoms with Crippen LogP contribution in [-0.2, 0) is 0 Å². The molecule has 0 amide bonds. The third-order valence-corrected chi connectivity index (χ3v) is 4.72. The summed E-state index contributed by atoms with van der Waals surface area (Å²) in [7, 11) is 0. The molecule has 0 spiro atoms. The SMILES string of the molecule is CCN(CCNc1cc(C2CC(N)C2)ncn1)c1cccc(C)c1.Cl.Cl. The van der Waals surface area contributed by atoms with Gasteiger partial charge in [-0.25, -0.2) is 9.97 Å². The average molecular weight is 398 g/mol. The van der Waals surface area contributed by atoms with Crippen LogP contribution in [-0.4, -0.2) is 35.6 Å². The van der Waals surface area contributed by atoms with Crippen molar-refractivity contribution in [1.82, 2.24) is 9.97 Å². The molecule has 0 unspecified atom stereocenters. The van der Waals surface area contributed by atoms with Crippen LogP contribution in [0, 0.1) is 6.92 Å². The van der Waals surface area contributed by atoms with Crippen LogP contribution >= 0.6 is 24.8 Å². The highest BCUT2D eigenvalue weighted by Gasteiger charge is 2.28. The van der Waals surface area contributed by atoms with Gasteiger partial charge in [0.15, 0.2) is 0 Å². The van der Waals surface area contributed by atoms with Crippen LogP contribution in [0.15, 0.2) is 36.7 Å². The van der Waals surface area contributed by atoms with Crippen LogP contribution in [0.25, 0.3) is 0 Å². The number of nitrogens with one attached hydrogen (secondary N) is 1. The first-order valence-electron chi connectivity index (χ1n) is 8.78. The predicted molar refractivity (Wildman–Crippen MR) is 114 cm³/mol. The summed E-state index contributed by atoms with van der Waals surface area (Å²) in [4.78, 5) is 11.1. The minimum absolute atomic E-state index is 0. The second kappa shape index (κ2) is 10.6. The number of hydrogen-bond acceptors (Lipinski definition) is 5. The Bertz CT molecular complexity index is 676. The summed E-state index contributed by atoms with van der Waals surface area (Å²) in [5, 5.41) is 3.42. The summed E-state index contributed by atoms with van der Waals surface area (Å²) >= 11 is 0. The summed E-state index contributed by atoms with van der Waals surface area (Å²) in [5.41, 5.74) is 9.55. The number of nitrogens with zero attached hydrogens (tertiary/aromatic N) is 3. The summed E-state index contributed by atoms with van der Waals surface area (Å²) in [6.45, 7) is 7.09. The van der Waals surface area contributed by atoms with E-state index in [0.717, 1.165) is 44.0 Å². The van der Waals surface area contributed by atoms with Gasteiger partial charge in [0.25, 0.3) is 0 Å². The first kappa shape index (κ1) is 22.5. The number of anilines is 2. The summed E-state index contributed by atoms with van der Waals surface area (Å²) < 4.78 is 0. The fraction of sp³-hybridized carbons (Fsp3) is 0.474. The minimum atomic E-state index is 0. The highest BCUT2D eigenvalue weighted by atomic mass is 35.5. The first-order chi connectivity index (χ1) is 11.7. The molecule has 26 heavy (non-hydrogen) atoms. The Kier molecular flexibility index (Phi) is 9.13. The third kappa shape index (κ3) is 5.73. The molecule has 0 radical (unpaired) electrons. The number of rotatable bonds is 7. The Morgan fingerprint density at radius 1 is 1.19 bits per heavy atom. The van der Waals surface area contributed by atoms with E-state index in [1.807, 2.05) is 0 Å².